The van der Waals surface area contributed by atoms with E-state index in [1.165, 1.54) is 11.5 Å². The van der Waals surface area contributed by atoms with Gasteiger partial charge in [0.1, 0.15) is 5.69 Å². The molecule has 29 heavy (non-hydrogen) atoms. The molecular formula is C22H21N3O3S. The fourth-order valence-corrected chi connectivity index (χ4v) is 5.45. The van der Waals surface area contributed by atoms with Crippen molar-refractivity contribution in [1.82, 2.24) is 13.9 Å². The van der Waals surface area contributed by atoms with E-state index >= 15 is 0 Å². The van der Waals surface area contributed by atoms with Gasteiger partial charge in [0.25, 0.3) is 11.1 Å². The second kappa shape index (κ2) is 6.93. The molecule has 7 heteroatoms. The normalized spacial score (nSPS) is 16.4. The van der Waals surface area contributed by atoms with Crippen molar-refractivity contribution in [3.63, 3.8) is 0 Å². The number of fused-ring (bicyclic) bond motifs is 2. The van der Waals surface area contributed by atoms with Gasteiger partial charge in [0, 0.05) is 5.56 Å². The highest BCUT2D eigenvalue weighted by Crippen LogP contribution is 2.32. The van der Waals surface area contributed by atoms with Crippen molar-refractivity contribution in [2.24, 2.45) is 0 Å². The van der Waals surface area contributed by atoms with E-state index in [-0.39, 0.29) is 11.1 Å². The van der Waals surface area contributed by atoms with Gasteiger partial charge >= 0.3 is 0 Å². The monoisotopic (exact) mass is 407 g/mol. The quantitative estimate of drug-likeness (QED) is 0.542. The third kappa shape index (κ3) is 3.20. The summed E-state index contributed by atoms with van der Waals surface area (Å²) >= 11 is 1.30. The fraction of sp³-hybridized carbons (Fsp3) is 0.318. The lowest BCUT2D eigenvalue weighted by Gasteiger charge is -2.31. The maximum atomic E-state index is 13.0. The van der Waals surface area contributed by atoms with Crippen molar-refractivity contribution in [2.45, 2.75) is 44.2 Å². The summed E-state index contributed by atoms with van der Waals surface area (Å²) in [6, 6.07) is 12.8. The van der Waals surface area contributed by atoms with Gasteiger partial charge in [-0.1, -0.05) is 55.1 Å². The molecule has 1 fully saturated rings. The summed E-state index contributed by atoms with van der Waals surface area (Å²) in [5.41, 5.74) is 1.09. The molecule has 1 aliphatic carbocycles. The van der Waals surface area contributed by atoms with Gasteiger partial charge in [-0.15, -0.1) is 0 Å². The molecule has 0 aliphatic heterocycles. The number of hydrogen-bond donors (Lipinski definition) is 2. The van der Waals surface area contributed by atoms with Crippen LogP contribution in [0.2, 0.25) is 0 Å². The molecule has 5 rings (SSSR count). The Kier molecular flexibility index (Phi) is 4.37. The van der Waals surface area contributed by atoms with Gasteiger partial charge in [0.05, 0.1) is 33.3 Å². The number of aromatic nitrogens is 3. The SMILES string of the molecule is O=c1[nH]c2ccccc2nc1-c1cccc2c(=O)n(CC3(O)CCCCC3)sc12. The standard InChI is InChI=1S/C22H21N3O3S/c26-20-18(23-16-9-2-3-10-17(16)24-20)14-7-6-8-15-19(14)29-25(21(15)27)13-22(28)11-4-1-5-12-22/h2-3,6-10,28H,1,4-5,11-13H2,(H,24,26). The summed E-state index contributed by atoms with van der Waals surface area (Å²) in [6.07, 6.45) is 4.53. The molecule has 148 valence electrons. The van der Waals surface area contributed by atoms with Crippen LogP contribution in [0.3, 0.4) is 0 Å². The maximum Gasteiger partial charge on any atom is 0.275 e. The molecule has 6 nitrogen and oxygen atoms in total. The average molecular weight is 407 g/mol. The molecule has 0 saturated heterocycles. The summed E-state index contributed by atoms with van der Waals surface area (Å²) in [4.78, 5) is 33.1. The van der Waals surface area contributed by atoms with E-state index in [4.69, 9.17) is 0 Å². The minimum absolute atomic E-state index is 0.122. The number of nitrogens with one attached hydrogen (secondary N) is 1. The lowest BCUT2D eigenvalue weighted by Crippen LogP contribution is -2.38. The molecule has 2 heterocycles. The Morgan fingerprint density at radius 1 is 1.07 bits per heavy atom. The van der Waals surface area contributed by atoms with Crippen LogP contribution in [-0.2, 0) is 6.54 Å². The first-order valence-corrected chi connectivity index (χ1v) is 10.7. The van der Waals surface area contributed by atoms with Gasteiger partial charge in [-0.2, -0.15) is 0 Å². The number of aromatic amines is 1. The van der Waals surface area contributed by atoms with Gasteiger partial charge in [0.2, 0.25) is 0 Å². The molecule has 1 saturated carbocycles. The average Bonchev–Trinajstić information content (AvgIpc) is 3.03. The van der Waals surface area contributed by atoms with E-state index in [0.29, 0.717) is 47.1 Å². The molecule has 0 atom stereocenters. The second-order valence-electron chi connectivity index (χ2n) is 7.83. The Bertz CT molecular complexity index is 1330. The number of nitrogens with zero attached hydrogens (tertiary/aromatic N) is 2. The van der Waals surface area contributed by atoms with E-state index in [1.54, 1.807) is 16.1 Å². The summed E-state index contributed by atoms with van der Waals surface area (Å²) in [6.45, 7) is 0.298. The van der Waals surface area contributed by atoms with Crippen LogP contribution in [0.15, 0.2) is 52.1 Å². The van der Waals surface area contributed by atoms with Crippen LogP contribution in [0.25, 0.3) is 32.4 Å². The fourth-order valence-electron chi connectivity index (χ4n) is 4.23. The van der Waals surface area contributed by atoms with Crippen LogP contribution in [0.5, 0.6) is 0 Å². The first-order valence-electron chi connectivity index (χ1n) is 9.89. The van der Waals surface area contributed by atoms with Gasteiger partial charge in [-0.3, -0.25) is 13.5 Å². The van der Waals surface area contributed by atoms with Gasteiger partial charge in [0.15, 0.2) is 0 Å². The second-order valence-corrected chi connectivity index (χ2v) is 8.86. The zero-order valence-electron chi connectivity index (χ0n) is 15.9. The molecule has 0 amide bonds. The number of rotatable bonds is 3. The van der Waals surface area contributed by atoms with Crippen LogP contribution >= 0.6 is 11.5 Å². The van der Waals surface area contributed by atoms with E-state index in [1.807, 2.05) is 30.3 Å². The molecule has 2 aromatic carbocycles. The van der Waals surface area contributed by atoms with Gasteiger partial charge < -0.3 is 10.1 Å². The van der Waals surface area contributed by atoms with Crippen LogP contribution in [0.1, 0.15) is 32.1 Å². The van der Waals surface area contributed by atoms with Crippen molar-refractivity contribution in [2.75, 3.05) is 0 Å². The highest BCUT2D eigenvalue weighted by molar-refractivity contribution is 7.14. The Hall–Kier alpha value is -2.77. The minimum atomic E-state index is -0.832. The highest BCUT2D eigenvalue weighted by atomic mass is 32.1. The molecule has 0 bridgehead atoms. The first-order chi connectivity index (χ1) is 14.0. The number of aliphatic hydroxyl groups is 1. The zero-order valence-corrected chi connectivity index (χ0v) is 16.7. The largest absolute Gasteiger partial charge is 0.388 e. The number of hydrogen-bond acceptors (Lipinski definition) is 5. The van der Waals surface area contributed by atoms with E-state index in [2.05, 4.69) is 9.97 Å². The summed E-state index contributed by atoms with van der Waals surface area (Å²) < 4.78 is 2.36. The van der Waals surface area contributed by atoms with Crippen LogP contribution in [-0.4, -0.2) is 24.6 Å². The Morgan fingerprint density at radius 2 is 1.86 bits per heavy atom. The van der Waals surface area contributed by atoms with Crippen molar-refractivity contribution < 1.29 is 5.11 Å². The van der Waals surface area contributed by atoms with Crippen LogP contribution in [0, 0.1) is 0 Å². The zero-order chi connectivity index (χ0) is 20.0. The number of benzene rings is 2. The lowest BCUT2D eigenvalue weighted by molar-refractivity contribution is -0.00960. The smallest absolute Gasteiger partial charge is 0.275 e. The van der Waals surface area contributed by atoms with Crippen LogP contribution < -0.4 is 11.1 Å². The van der Waals surface area contributed by atoms with Crippen molar-refractivity contribution >= 4 is 32.7 Å². The van der Waals surface area contributed by atoms with E-state index < -0.39 is 5.60 Å². The van der Waals surface area contributed by atoms with Crippen molar-refractivity contribution in [3.05, 3.63) is 63.2 Å². The van der Waals surface area contributed by atoms with E-state index in [9.17, 15) is 14.7 Å². The maximum absolute atomic E-state index is 13.0. The Labute approximate surface area is 170 Å². The summed E-state index contributed by atoms with van der Waals surface area (Å²) in [5, 5.41) is 11.5. The van der Waals surface area contributed by atoms with Crippen LogP contribution in [0.4, 0.5) is 0 Å². The van der Waals surface area contributed by atoms with Gasteiger partial charge in [-0.25, -0.2) is 4.98 Å². The third-order valence-electron chi connectivity index (χ3n) is 5.75. The predicted molar refractivity (Wildman–Crippen MR) is 115 cm³/mol. The number of para-hydroxylation sites is 2. The Morgan fingerprint density at radius 3 is 2.69 bits per heavy atom. The molecule has 0 radical (unpaired) electrons. The topological polar surface area (TPSA) is 88.0 Å². The molecule has 0 unspecified atom stereocenters. The van der Waals surface area contributed by atoms with Crippen molar-refractivity contribution in [3.8, 4) is 11.3 Å². The summed E-state index contributed by atoms with van der Waals surface area (Å²) in [7, 11) is 0. The minimum Gasteiger partial charge on any atom is -0.388 e. The molecule has 2 N–H and O–H groups in total. The first kappa shape index (κ1) is 18.3. The van der Waals surface area contributed by atoms with Gasteiger partial charge in [-0.05, 0) is 31.0 Å². The highest BCUT2D eigenvalue weighted by Gasteiger charge is 2.31. The Balaban J connectivity index is 1.65. The molecule has 0 spiro atoms. The summed E-state index contributed by atoms with van der Waals surface area (Å²) in [5.74, 6) is 0. The predicted octanol–water partition coefficient (Wildman–Crippen LogP) is 3.66. The third-order valence-corrected chi connectivity index (χ3v) is 6.89. The van der Waals surface area contributed by atoms with E-state index in [0.717, 1.165) is 24.0 Å². The molecule has 1 aliphatic rings. The van der Waals surface area contributed by atoms with Crippen molar-refractivity contribution in [1.29, 1.82) is 0 Å². The lowest BCUT2D eigenvalue weighted by atomic mass is 9.85. The molecule has 2 aromatic heterocycles. The molecular weight excluding hydrogens is 386 g/mol. The number of H-pyrrole nitrogens is 1. The molecule has 4 aromatic rings.